The third-order valence-electron chi connectivity index (χ3n) is 4.62. The number of carbonyl (C=O) groups excluding carboxylic acids is 2. The van der Waals surface area contributed by atoms with Crippen LogP contribution in [0.5, 0.6) is 11.5 Å². The Morgan fingerprint density at radius 1 is 1.00 bits per heavy atom. The molecule has 2 atom stereocenters. The van der Waals surface area contributed by atoms with Crippen molar-refractivity contribution in [3.8, 4) is 11.5 Å². The molecule has 2 N–H and O–H groups in total. The summed E-state index contributed by atoms with van der Waals surface area (Å²) in [5.41, 5.74) is 3.21. The lowest BCUT2D eigenvalue weighted by molar-refractivity contribution is -0.132. The van der Waals surface area contributed by atoms with E-state index in [1.54, 1.807) is 19.1 Å². The van der Waals surface area contributed by atoms with Gasteiger partial charge in [-0.25, -0.2) is 5.43 Å². The Morgan fingerprint density at radius 3 is 2.31 bits per heavy atom. The zero-order chi connectivity index (χ0) is 26.1. The largest absolute Gasteiger partial charge is 0.490 e. The first-order valence-corrected chi connectivity index (χ1v) is 12.7. The summed E-state index contributed by atoms with van der Waals surface area (Å²) in [6.45, 7) is 9.34. The summed E-state index contributed by atoms with van der Waals surface area (Å²) in [5, 5.41) is 7.57. The Labute approximate surface area is 224 Å². The van der Waals surface area contributed by atoms with Gasteiger partial charge in [0.1, 0.15) is 17.5 Å². The van der Waals surface area contributed by atoms with Crippen LogP contribution in [0.1, 0.15) is 46.6 Å². The third-order valence-corrected chi connectivity index (χ3v) is 5.64. The molecule has 0 radical (unpaired) electrons. The lowest BCUT2D eigenvalue weighted by atomic mass is 10.0. The van der Waals surface area contributed by atoms with Crippen molar-refractivity contribution in [2.75, 3.05) is 0 Å². The van der Waals surface area contributed by atoms with Crippen molar-refractivity contribution in [2.24, 2.45) is 11.0 Å². The van der Waals surface area contributed by atoms with E-state index >= 15 is 0 Å². The summed E-state index contributed by atoms with van der Waals surface area (Å²) >= 11 is 15.5. The van der Waals surface area contributed by atoms with Crippen molar-refractivity contribution >= 4 is 57.2 Å². The van der Waals surface area contributed by atoms with Crippen LogP contribution in [0.25, 0.3) is 0 Å². The number of nitrogens with zero attached hydrogens (tertiary/aromatic N) is 1. The first-order chi connectivity index (χ1) is 16.5. The van der Waals surface area contributed by atoms with Crippen molar-refractivity contribution < 1.29 is 19.1 Å². The van der Waals surface area contributed by atoms with Crippen molar-refractivity contribution in [1.29, 1.82) is 0 Å². The van der Waals surface area contributed by atoms with Gasteiger partial charge in [0.15, 0.2) is 6.10 Å². The van der Waals surface area contributed by atoms with Gasteiger partial charge in [-0.3, -0.25) is 9.59 Å². The molecule has 7 nitrogen and oxygen atoms in total. The van der Waals surface area contributed by atoms with E-state index in [9.17, 15) is 9.59 Å². The van der Waals surface area contributed by atoms with Crippen molar-refractivity contribution in [2.45, 2.75) is 59.3 Å². The number of halogens is 3. The van der Waals surface area contributed by atoms with Crippen LogP contribution >= 0.6 is 39.1 Å². The maximum atomic E-state index is 12.8. The molecule has 0 aliphatic heterocycles. The van der Waals surface area contributed by atoms with E-state index in [1.807, 2.05) is 45.9 Å². The standard InChI is InChI=1S/C25H30BrCl2N3O4/c1-14(2)10-21(30-24(32)16(5)35-23-9-7-19(27)12-20(23)28)25(33)31-29-13-17-11-18(26)6-8-22(17)34-15(3)4/h6-9,11-16,21H,10H2,1-5H3,(H,30,32)(H,31,33)/b29-13-/t16-,21+/m1/s1. The van der Waals surface area contributed by atoms with Gasteiger partial charge in [-0.15, -0.1) is 0 Å². The molecular weight excluding hydrogens is 557 g/mol. The van der Waals surface area contributed by atoms with Gasteiger partial charge in [0.25, 0.3) is 11.8 Å². The minimum Gasteiger partial charge on any atom is -0.490 e. The zero-order valence-electron chi connectivity index (χ0n) is 20.3. The number of nitrogens with one attached hydrogen (secondary N) is 2. The van der Waals surface area contributed by atoms with Crippen LogP contribution in [0.3, 0.4) is 0 Å². The minimum absolute atomic E-state index is 0.0180. The Hall–Kier alpha value is -2.29. The molecule has 2 rings (SSSR count). The average Bonchev–Trinajstić information content (AvgIpc) is 2.76. The van der Waals surface area contributed by atoms with E-state index in [0.29, 0.717) is 28.5 Å². The van der Waals surface area contributed by atoms with Crippen molar-refractivity contribution in [3.05, 3.63) is 56.5 Å². The fourth-order valence-corrected chi connectivity index (χ4v) is 3.86. The van der Waals surface area contributed by atoms with Gasteiger partial charge in [0.2, 0.25) is 0 Å². The van der Waals surface area contributed by atoms with Gasteiger partial charge in [-0.05, 0) is 69.5 Å². The first-order valence-electron chi connectivity index (χ1n) is 11.2. The number of amides is 2. The van der Waals surface area contributed by atoms with Crippen LogP contribution < -0.4 is 20.2 Å². The second-order valence-corrected chi connectivity index (χ2v) is 10.4. The summed E-state index contributed by atoms with van der Waals surface area (Å²) in [6, 6.07) is 9.44. The SMILES string of the molecule is CC(C)C[C@H](NC(=O)[C@@H](C)Oc1ccc(Cl)cc1Cl)C(=O)N/N=C\c1cc(Br)ccc1OC(C)C. The lowest BCUT2D eigenvalue weighted by Gasteiger charge is -2.22. The molecule has 0 unspecified atom stereocenters. The predicted molar refractivity (Wildman–Crippen MR) is 144 cm³/mol. The van der Waals surface area contributed by atoms with Gasteiger partial charge < -0.3 is 14.8 Å². The maximum Gasteiger partial charge on any atom is 0.262 e. The monoisotopic (exact) mass is 585 g/mol. The summed E-state index contributed by atoms with van der Waals surface area (Å²) < 4.78 is 12.3. The molecule has 0 heterocycles. The van der Waals surface area contributed by atoms with Crippen LogP contribution in [0.15, 0.2) is 46.0 Å². The molecule has 0 aliphatic carbocycles. The van der Waals surface area contributed by atoms with E-state index in [2.05, 4.69) is 31.8 Å². The van der Waals surface area contributed by atoms with Crippen molar-refractivity contribution in [3.63, 3.8) is 0 Å². The Balaban J connectivity index is 2.06. The molecule has 2 aromatic rings. The molecule has 2 aromatic carbocycles. The molecule has 0 aliphatic rings. The molecule has 0 fully saturated rings. The molecule has 2 amide bonds. The highest BCUT2D eigenvalue weighted by atomic mass is 79.9. The van der Waals surface area contributed by atoms with Crippen molar-refractivity contribution in [1.82, 2.24) is 10.7 Å². The molecule has 0 saturated heterocycles. The van der Waals surface area contributed by atoms with E-state index in [4.69, 9.17) is 32.7 Å². The van der Waals surface area contributed by atoms with Gasteiger partial charge in [-0.1, -0.05) is 53.0 Å². The summed E-state index contributed by atoms with van der Waals surface area (Å²) in [6.07, 6.45) is 1.01. The molecular formula is C25H30BrCl2N3O4. The number of benzene rings is 2. The highest BCUT2D eigenvalue weighted by Crippen LogP contribution is 2.28. The number of hydrazone groups is 1. The molecule has 35 heavy (non-hydrogen) atoms. The molecule has 0 bridgehead atoms. The Bertz CT molecular complexity index is 1060. The second kappa shape index (κ2) is 13.7. The summed E-state index contributed by atoms with van der Waals surface area (Å²) in [7, 11) is 0. The van der Waals surface area contributed by atoms with E-state index in [1.165, 1.54) is 12.3 Å². The maximum absolute atomic E-state index is 12.8. The predicted octanol–water partition coefficient (Wildman–Crippen LogP) is 5.99. The zero-order valence-corrected chi connectivity index (χ0v) is 23.4. The fourth-order valence-electron chi connectivity index (χ4n) is 3.03. The number of carbonyl (C=O) groups is 2. The van der Waals surface area contributed by atoms with Gasteiger partial charge in [-0.2, -0.15) is 5.10 Å². The highest BCUT2D eigenvalue weighted by Gasteiger charge is 2.25. The number of hydrogen-bond donors (Lipinski definition) is 2. The normalized spacial score (nSPS) is 13.1. The van der Waals surface area contributed by atoms with Crippen LogP contribution in [0, 0.1) is 5.92 Å². The topological polar surface area (TPSA) is 89.0 Å². The molecule has 0 saturated carbocycles. The fraction of sp³-hybridized carbons (Fsp3) is 0.400. The number of hydrogen-bond acceptors (Lipinski definition) is 5. The van der Waals surface area contributed by atoms with E-state index in [-0.39, 0.29) is 17.0 Å². The van der Waals surface area contributed by atoms with E-state index < -0.39 is 24.0 Å². The number of ether oxygens (including phenoxy) is 2. The molecule has 190 valence electrons. The first kappa shape index (κ1) is 28.9. The highest BCUT2D eigenvalue weighted by molar-refractivity contribution is 9.10. The number of rotatable bonds is 11. The third kappa shape index (κ3) is 9.70. The Kier molecular flexibility index (Phi) is 11.3. The molecule has 0 aromatic heterocycles. The van der Waals surface area contributed by atoms with Crippen LogP contribution in [-0.2, 0) is 9.59 Å². The minimum atomic E-state index is -0.892. The van der Waals surface area contributed by atoms with Gasteiger partial charge >= 0.3 is 0 Å². The van der Waals surface area contributed by atoms with Crippen LogP contribution in [0.2, 0.25) is 10.0 Å². The van der Waals surface area contributed by atoms with E-state index in [0.717, 1.165) is 4.47 Å². The molecule has 10 heteroatoms. The summed E-state index contributed by atoms with van der Waals surface area (Å²) in [4.78, 5) is 25.6. The van der Waals surface area contributed by atoms with Gasteiger partial charge in [0, 0.05) is 15.1 Å². The quantitative estimate of drug-likeness (QED) is 0.250. The average molecular weight is 587 g/mol. The lowest BCUT2D eigenvalue weighted by Crippen LogP contribution is -2.49. The molecule has 0 spiro atoms. The summed E-state index contributed by atoms with van der Waals surface area (Å²) in [5.74, 6) is 0.205. The Morgan fingerprint density at radius 2 is 1.69 bits per heavy atom. The van der Waals surface area contributed by atoms with Crippen LogP contribution in [-0.4, -0.2) is 36.3 Å². The second-order valence-electron chi connectivity index (χ2n) is 8.61. The smallest absolute Gasteiger partial charge is 0.262 e. The van der Waals surface area contributed by atoms with Crippen LogP contribution in [0.4, 0.5) is 0 Å². The van der Waals surface area contributed by atoms with Gasteiger partial charge in [0.05, 0.1) is 17.3 Å².